The molecule has 0 N–H and O–H groups in total. The van der Waals surface area contributed by atoms with Crippen LogP contribution in [-0.2, 0) is 0 Å². The van der Waals surface area contributed by atoms with Crippen molar-refractivity contribution in [3.05, 3.63) is 29.3 Å². The van der Waals surface area contributed by atoms with Crippen molar-refractivity contribution in [3.63, 3.8) is 0 Å². The maximum absolute atomic E-state index is 13.3. The quantitative estimate of drug-likeness (QED) is 0.603. The number of ether oxygens (including phenoxy) is 1. The molecule has 0 amide bonds. The second-order valence-electron chi connectivity index (χ2n) is 3.79. The molecule has 1 atom stereocenters. The van der Waals surface area contributed by atoms with Crippen molar-refractivity contribution in [1.29, 1.82) is 0 Å². The average molecular weight is 249 g/mol. The number of likely N-dealkylation sites (tertiary alicyclic amines) is 1. The van der Waals surface area contributed by atoms with E-state index in [9.17, 15) is 17.6 Å². The highest BCUT2D eigenvalue weighted by Gasteiger charge is 2.31. The lowest BCUT2D eigenvalue weighted by Gasteiger charge is -2.39. The first-order valence-electron chi connectivity index (χ1n) is 5.28. The van der Waals surface area contributed by atoms with Gasteiger partial charge in [0, 0.05) is 19.0 Å². The molecule has 1 aromatic carbocycles. The summed E-state index contributed by atoms with van der Waals surface area (Å²) in [5.41, 5.74) is 0. The zero-order chi connectivity index (χ0) is 12.6. The summed E-state index contributed by atoms with van der Waals surface area (Å²) in [5.74, 6) is -6.88. The molecule has 1 fully saturated rings. The maximum atomic E-state index is 13.3. The van der Waals surface area contributed by atoms with Crippen LogP contribution in [0.3, 0.4) is 0 Å². The van der Waals surface area contributed by atoms with Crippen LogP contribution in [0, 0.1) is 23.3 Å². The van der Waals surface area contributed by atoms with E-state index in [0.29, 0.717) is 13.0 Å². The van der Waals surface area contributed by atoms with Crippen molar-refractivity contribution in [2.45, 2.75) is 19.6 Å². The van der Waals surface area contributed by atoms with Crippen molar-refractivity contribution < 1.29 is 22.3 Å². The predicted octanol–water partition coefficient (Wildman–Crippen LogP) is 2.67. The molecule has 1 unspecified atom stereocenters. The van der Waals surface area contributed by atoms with Crippen LogP contribution in [-0.4, -0.2) is 24.2 Å². The smallest absolute Gasteiger partial charge is 0.204 e. The van der Waals surface area contributed by atoms with E-state index in [1.54, 1.807) is 4.90 Å². The first-order valence-corrected chi connectivity index (χ1v) is 5.28. The molecule has 1 aromatic rings. The summed E-state index contributed by atoms with van der Waals surface area (Å²) in [6.45, 7) is 3.24. The molecule has 1 aliphatic rings. The lowest BCUT2D eigenvalue weighted by Crippen LogP contribution is -2.51. The van der Waals surface area contributed by atoms with E-state index in [2.05, 4.69) is 0 Å². The van der Waals surface area contributed by atoms with Crippen LogP contribution in [0.15, 0.2) is 6.07 Å². The monoisotopic (exact) mass is 249 g/mol. The van der Waals surface area contributed by atoms with Crippen LogP contribution in [0.5, 0.6) is 5.75 Å². The molecule has 94 valence electrons. The van der Waals surface area contributed by atoms with E-state index in [4.69, 9.17) is 4.74 Å². The van der Waals surface area contributed by atoms with Gasteiger partial charge in [0.05, 0.1) is 0 Å². The molecule has 17 heavy (non-hydrogen) atoms. The van der Waals surface area contributed by atoms with Gasteiger partial charge >= 0.3 is 0 Å². The van der Waals surface area contributed by atoms with Crippen molar-refractivity contribution >= 4 is 0 Å². The van der Waals surface area contributed by atoms with Crippen molar-refractivity contribution in [2.24, 2.45) is 0 Å². The van der Waals surface area contributed by atoms with Crippen molar-refractivity contribution in [1.82, 2.24) is 4.90 Å². The first kappa shape index (κ1) is 12.2. The number of hydrogen-bond donors (Lipinski definition) is 0. The lowest BCUT2D eigenvalue weighted by molar-refractivity contribution is -0.0551. The minimum atomic E-state index is -1.49. The largest absolute Gasteiger partial charge is 0.469 e. The van der Waals surface area contributed by atoms with Gasteiger partial charge in [-0.05, 0) is 6.54 Å². The average Bonchev–Trinajstić information content (AvgIpc) is 2.26. The van der Waals surface area contributed by atoms with Gasteiger partial charge in [0.1, 0.15) is 0 Å². The molecule has 0 bridgehead atoms. The number of halogens is 4. The highest BCUT2D eigenvalue weighted by Crippen LogP contribution is 2.30. The lowest BCUT2D eigenvalue weighted by atomic mass is 10.2. The first-order chi connectivity index (χ1) is 8.04. The van der Waals surface area contributed by atoms with Gasteiger partial charge in [-0.15, -0.1) is 0 Å². The summed E-state index contributed by atoms with van der Waals surface area (Å²) in [6.07, 6.45) is 0.0513. The molecule has 1 saturated heterocycles. The van der Waals surface area contributed by atoms with Gasteiger partial charge in [0.2, 0.25) is 11.6 Å². The highest BCUT2D eigenvalue weighted by molar-refractivity contribution is 5.29. The fourth-order valence-electron chi connectivity index (χ4n) is 1.70. The van der Waals surface area contributed by atoms with E-state index < -0.39 is 35.2 Å². The van der Waals surface area contributed by atoms with Crippen LogP contribution < -0.4 is 4.74 Å². The molecular formula is C11H11F4NO. The molecule has 0 saturated carbocycles. The molecule has 0 spiro atoms. The van der Waals surface area contributed by atoms with Crippen molar-refractivity contribution in [3.8, 4) is 5.75 Å². The van der Waals surface area contributed by atoms with E-state index in [1.165, 1.54) is 0 Å². The molecule has 2 rings (SSSR count). The van der Waals surface area contributed by atoms with Gasteiger partial charge in [0.25, 0.3) is 0 Å². The van der Waals surface area contributed by atoms with Crippen LogP contribution in [0.1, 0.15) is 13.3 Å². The Hall–Kier alpha value is -1.30. The zero-order valence-electron chi connectivity index (χ0n) is 9.14. The molecule has 0 aliphatic carbocycles. The Balaban J connectivity index is 2.26. The van der Waals surface area contributed by atoms with Gasteiger partial charge in [-0.25, -0.2) is 8.78 Å². The summed E-state index contributed by atoms with van der Waals surface area (Å²) in [7, 11) is 0. The predicted molar refractivity (Wildman–Crippen MR) is 52.6 cm³/mol. The Morgan fingerprint density at radius 2 is 1.82 bits per heavy atom. The Morgan fingerprint density at radius 1 is 1.24 bits per heavy atom. The highest BCUT2D eigenvalue weighted by atomic mass is 19.2. The number of nitrogens with zero attached hydrogens (tertiary/aromatic N) is 1. The second-order valence-corrected chi connectivity index (χ2v) is 3.79. The third kappa shape index (κ3) is 2.09. The normalized spacial score (nSPS) is 20.2. The van der Waals surface area contributed by atoms with Gasteiger partial charge < -0.3 is 4.74 Å². The topological polar surface area (TPSA) is 12.5 Å². The SMILES string of the molecule is CCN1CCC1Oc1c(F)c(F)cc(F)c1F. The molecule has 0 radical (unpaired) electrons. The Kier molecular flexibility index (Phi) is 3.24. The van der Waals surface area contributed by atoms with E-state index >= 15 is 0 Å². The van der Waals surface area contributed by atoms with Crippen LogP contribution >= 0.6 is 0 Å². The number of benzene rings is 1. The summed E-state index contributed by atoms with van der Waals surface area (Å²) in [5, 5.41) is 0. The van der Waals surface area contributed by atoms with Crippen LogP contribution in [0.2, 0.25) is 0 Å². The molecular weight excluding hydrogens is 238 g/mol. The summed E-state index contributed by atoms with van der Waals surface area (Å²) in [6, 6.07) is 0.163. The third-order valence-corrected chi connectivity index (χ3v) is 2.80. The molecule has 0 aromatic heterocycles. The van der Waals surface area contributed by atoms with Gasteiger partial charge in [0.15, 0.2) is 23.6 Å². The standard InChI is InChI=1S/C11H11F4NO/c1-2-16-4-3-8(16)17-11-9(14)6(12)5-7(13)10(11)15/h5,8H,2-4H2,1H3. The van der Waals surface area contributed by atoms with E-state index in [-0.39, 0.29) is 6.07 Å². The number of rotatable bonds is 3. The fraction of sp³-hybridized carbons (Fsp3) is 0.455. The van der Waals surface area contributed by atoms with Crippen LogP contribution in [0.25, 0.3) is 0 Å². The number of hydrogen-bond acceptors (Lipinski definition) is 2. The van der Waals surface area contributed by atoms with Crippen molar-refractivity contribution in [2.75, 3.05) is 13.1 Å². The minimum Gasteiger partial charge on any atom is -0.469 e. The summed E-state index contributed by atoms with van der Waals surface area (Å²) >= 11 is 0. The molecule has 1 aliphatic heterocycles. The molecule has 2 nitrogen and oxygen atoms in total. The Labute approximate surface area is 95.8 Å². The maximum Gasteiger partial charge on any atom is 0.204 e. The summed E-state index contributed by atoms with van der Waals surface area (Å²) < 4.78 is 57.3. The van der Waals surface area contributed by atoms with E-state index in [1.807, 2.05) is 6.92 Å². The molecule has 1 heterocycles. The van der Waals surface area contributed by atoms with Crippen LogP contribution in [0.4, 0.5) is 17.6 Å². The van der Waals surface area contributed by atoms with Gasteiger partial charge in [-0.1, -0.05) is 6.92 Å². The second kappa shape index (κ2) is 4.52. The Morgan fingerprint density at radius 3 is 2.24 bits per heavy atom. The minimum absolute atomic E-state index is 0.163. The molecule has 6 heteroatoms. The fourth-order valence-corrected chi connectivity index (χ4v) is 1.70. The van der Waals surface area contributed by atoms with E-state index in [0.717, 1.165) is 6.54 Å². The third-order valence-electron chi connectivity index (χ3n) is 2.80. The van der Waals surface area contributed by atoms with Gasteiger partial charge in [-0.3, -0.25) is 4.90 Å². The van der Waals surface area contributed by atoms with Gasteiger partial charge in [-0.2, -0.15) is 8.78 Å². The zero-order valence-corrected chi connectivity index (χ0v) is 9.14. The summed E-state index contributed by atoms with van der Waals surface area (Å²) in [4.78, 5) is 1.79. The Bertz CT molecular complexity index is 410.